The summed E-state index contributed by atoms with van der Waals surface area (Å²) >= 11 is 1.01. The minimum atomic E-state index is -0.803. The SMILES string of the molecule is CN1CCC(NC(=O)c2cnns2)(C(N)=NO)CC1. The highest BCUT2D eigenvalue weighted by Gasteiger charge is 2.39. The highest BCUT2D eigenvalue weighted by molar-refractivity contribution is 7.07. The molecule has 9 heteroatoms. The van der Waals surface area contributed by atoms with Gasteiger partial charge >= 0.3 is 0 Å². The second-order valence-electron chi connectivity index (χ2n) is 4.61. The lowest BCUT2D eigenvalue weighted by molar-refractivity contribution is 0.0890. The Labute approximate surface area is 114 Å². The predicted molar refractivity (Wildman–Crippen MR) is 70.2 cm³/mol. The topological polar surface area (TPSA) is 117 Å². The average molecular weight is 284 g/mol. The molecule has 0 saturated carbocycles. The maximum Gasteiger partial charge on any atom is 0.265 e. The molecule has 1 aromatic heterocycles. The molecule has 0 aromatic carbocycles. The molecule has 0 atom stereocenters. The molecule has 8 nitrogen and oxygen atoms in total. The summed E-state index contributed by atoms with van der Waals surface area (Å²) in [5.41, 5.74) is 4.97. The van der Waals surface area contributed by atoms with Gasteiger partial charge in [-0.1, -0.05) is 9.64 Å². The van der Waals surface area contributed by atoms with Gasteiger partial charge in [0.1, 0.15) is 10.4 Å². The van der Waals surface area contributed by atoms with E-state index in [1.54, 1.807) is 0 Å². The van der Waals surface area contributed by atoms with Gasteiger partial charge in [0.15, 0.2) is 5.84 Å². The first-order chi connectivity index (χ1) is 9.07. The summed E-state index contributed by atoms with van der Waals surface area (Å²) in [5, 5.41) is 18.5. The zero-order chi connectivity index (χ0) is 13.9. The van der Waals surface area contributed by atoms with Crippen molar-refractivity contribution in [3.8, 4) is 0 Å². The van der Waals surface area contributed by atoms with Crippen molar-refractivity contribution in [2.75, 3.05) is 20.1 Å². The number of carbonyl (C=O) groups is 1. The zero-order valence-corrected chi connectivity index (χ0v) is 11.4. The highest BCUT2D eigenvalue weighted by atomic mass is 32.1. The normalized spacial score (nSPS) is 20.2. The van der Waals surface area contributed by atoms with Gasteiger partial charge in [0, 0.05) is 13.1 Å². The van der Waals surface area contributed by atoms with Crippen LogP contribution in [0.4, 0.5) is 0 Å². The monoisotopic (exact) mass is 284 g/mol. The standard InChI is InChI=1S/C10H16N6O2S/c1-16-4-2-10(3-5-16,9(11)14-18)13-8(17)7-6-12-15-19-7/h6,18H,2-5H2,1H3,(H2,11,14)(H,13,17). The molecule has 2 heterocycles. The lowest BCUT2D eigenvalue weighted by Crippen LogP contribution is -2.62. The molecule has 2 rings (SSSR count). The fourth-order valence-corrected chi connectivity index (χ4v) is 2.50. The van der Waals surface area contributed by atoms with Crippen molar-refractivity contribution >= 4 is 23.3 Å². The molecular weight excluding hydrogens is 268 g/mol. The molecule has 0 unspecified atom stereocenters. The second kappa shape index (κ2) is 5.49. The Bertz CT molecular complexity index is 466. The van der Waals surface area contributed by atoms with Crippen molar-refractivity contribution in [2.24, 2.45) is 10.9 Å². The zero-order valence-electron chi connectivity index (χ0n) is 10.5. The molecule has 1 aliphatic rings. The van der Waals surface area contributed by atoms with Crippen LogP contribution in [0.2, 0.25) is 0 Å². The molecule has 19 heavy (non-hydrogen) atoms. The number of hydrogen-bond donors (Lipinski definition) is 3. The highest BCUT2D eigenvalue weighted by Crippen LogP contribution is 2.23. The van der Waals surface area contributed by atoms with Gasteiger partial charge in [-0.15, -0.1) is 5.10 Å². The van der Waals surface area contributed by atoms with Crippen LogP contribution in [0.3, 0.4) is 0 Å². The van der Waals surface area contributed by atoms with Crippen molar-refractivity contribution in [3.05, 3.63) is 11.1 Å². The first kappa shape index (κ1) is 13.7. The van der Waals surface area contributed by atoms with E-state index in [-0.39, 0.29) is 11.7 Å². The summed E-state index contributed by atoms with van der Waals surface area (Å²) in [4.78, 5) is 14.6. The summed E-state index contributed by atoms with van der Waals surface area (Å²) in [6.07, 6.45) is 2.59. The minimum absolute atomic E-state index is 0.0337. The Hall–Kier alpha value is -1.74. The van der Waals surface area contributed by atoms with Gasteiger partial charge in [-0.2, -0.15) is 0 Å². The molecule has 1 amide bonds. The number of piperidine rings is 1. The fourth-order valence-electron chi connectivity index (χ4n) is 2.09. The fraction of sp³-hybridized carbons (Fsp3) is 0.600. The van der Waals surface area contributed by atoms with E-state index < -0.39 is 5.54 Å². The number of rotatable bonds is 3. The number of nitrogens with two attached hydrogens (primary N) is 1. The third kappa shape index (κ3) is 2.82. The van der Waals surface area contributed by atoms with Crippen LogP contribution in [0.25, 0.3) is 0 Å². The van der Waals surface area contributed by atoms with E-state index in [1.807, 2.05) is 7.05 Å². The van der Waals surface area contributed by atoms with Crippen LogP contribution < -0.4 is 11.1 Å². The number of amidine groups is 1. The number of hydrogen-bond acceptors (Lipinski definition) is 7. The number of nitrogens with one attached hydrogen (secondary N) is 1. The number of nitrogens with zero attached hydrogens (tertiary/aromatic N) is 4. The van der Waals surface area contributed by atoms with Crippen LogP contribution in [0.15, 0.2) is 11.4 Å². The number of oxime groups is 1. The van der Waals surface area contributed by atoms with Crippen molar-refractivity contribution < 1.29 is 10.0 Å². The number of carbonyl (C=O) groups excluding carboxylic acids is 1. The first-order valence-electron chi connectivity index (χ1n) is 5.84. The molecule has 1 aromatic rings. The van der Waals surface area contributed by atoms with Gasteiger partial charge in [0.25, 0.3) is 5.91 Å². The molecule has 0 aliphatic carbocycles. The van der Waals surface area contributed by atoms with Gasteiger partial charge in [0.2, 0.25) is 0 Å². The molecule has 0 bridgehead atoms. The Balaban J connectivity index is 2.17. The van der Waals surface area contributed by atoms with E-state index in [0.29, 0.717) is 17.7 Å². The maximum atomic E-state index is 12.1. The van der Waals surface area contributed by atoms with Crippen LogP contribution in [-0.4, -0.2) is 57.1 Å². The van der Waals surface area contributed by atoms with E-state index in [2.05, 4.69) is 25.0 Å². The van der Waals surface area contributed by atoms with Crippen LogP contribution >= 0.6 is 11.5 Å². The van der Waals surface area contributed by atoms with E-state index in [9.17, 15) is 4.79 Å². The summed E-state index contributed by atoms with van der Waals surface area (Å²) in [6, 6.07) is 0. The number of aromatic nitrogens is 2. The third-order valence-electron chi connectivity index (χ3n) is 3.38. The largest absolute Gasteiger partial charge is 0.409 e. The van der Waals surface area contributed by atoms with Crippen molar-refractivity contribution in [3.63, 3.8) is 0 Å². The van der Waals surface area contributed by atoms with Crippen LogP contribution in [-0.2, 0) is 0 Å². The van der Waals surface area contributed by atoms with E-state index in [4.69, 9.17) is 10.9 Å². The Morgan fingerprint density at radius 1 is 1.63 bits per heavy atom. The lowest BCUT2D eigenvalue weighted by atomic mass is 9.86. The molecular formula is C10H16N6O2S. The molecule has 0 spiro atoms. The summed E-state index contributed by atoms with van der Waals surface area (Å²) in [6.45, 7) is 1.52. The van der Waals surface area contributed by atoms with Gasteiger partial charge in [-0.25, -0.2) is 0 Å². The van der Waals surface area contributed by atoms with Crippen molar-refractivity contribution in [2.45, 2.75) is 18.4 Å². The predicted octanol–water partition coefficient (Wildman–Crippen LogP) is -0.521. The van der Waals surface area contributed by atoms with E-state index in [0.717, 1.165) is 24.6 Å². The molecule has 0 radical (unpaired) electrons. The molecule has 1 aliphatic heterocycles. The molecule has 1 saturated heterocycles. The molecule has 104 valence electrons. The minimum Gasteiger partial charge on any atom is -0.409 e. The summed E-state index contributed by atoms with van der Waals surface area (Å²) in [7, 11) is 1.99. The summed E-state index contributed by atoms with van der Waals surface area (Å²) < 4.78 is 3.65. The Morgan fingerprint density at radius 2 is 2.32 bits per heavy atom. The van der Waals surface area contributed by atoms with Gasteiger partial charge in [-0.05, 0) is 31.4 Å². The van der Waals surface area contributed by atoms with Crippen LogP contribution in [0, 0.1) is 0 Å². The maximum absolute atomic E-state index is 12.1. The smallest absolute Gasteiger partial charge is 0.265 e. The Kier molecular flexibility index (Phi) is 3.96. The summed E-state index contributed by atoms with van der Waals surface area (Å²) in [5.74, 6) is -0.266. The quantitative estimate of drug-likeness (QED) is 0.297. The molecule has 4 N–H and O–H groups in total. The van der Waals surface area contributed by atoms with Crippen LogP contribution in [0.1, 0.15) is 22.5 Å². The number of amides is 1. The van der Waals surface area contributed by atoms with Gasteiger partial charge < -0.3 is 21.2 Å². The first-order valence-corrected chi connectivity index (χ1v) is 6.61. The van der Waals surface area contributed by atoms with Crippen molar-refractivity contribution in [1.29, 1.82) is 0 Å². The molecule has 1 fully saturated rings. The van der Waals surface area contributed by atoms with E-state index in [1.165, 1.54) is 6.20 Å². The van der Waals surface area contributed by atoms with Gasteiger partial charge in [-0.3, -0.25) is 4.79 Å². The van der Waals surface area contributed by atoms with E-state index >= 15 is 0 Å². The van der Waals surface area contributed by atoms with Crippen molar-refractivity contribution in [1.82, 2.24) is 19.8 Å². The number of likely N-dealkylation sites (tertiary alicyclic amines) is 1. The third-order valence-corrected chi connectivity index (χ3v) is 4.04. The lowest BCUT2D eigenvalue weighted by Gasteiger charge is -2.39. The average Bonchev–Trinajstić information content (AvgIpc) is 2.95. The second-order valence-corrected chi connectivity index (χ2v) is 5.39. The van der Waals surface area contributed by atoms with Crippen LogP contribution in [0.5, 0.6) is 0 Å². The Morgan fingerprint density at radius 3 is 2.84 bits per heavy atom. The van der Waals surface area contributed by atoms with Gasteiger partial charge in [0.05, 0.1) is 6.20 Å².